The lowest BCUT2D eigenvalue weighted by Gasteiger charge is -2.22. The van der Waals surface area contributed by atoms with Gasteiger partial charge in [0.1, 0.15) is 0 Å². The van der Waals surface area contributed by atoms with Crippen LogP contribution in [-0.4, -0.2) is 49.2 Å². The summed E-state index contributed by atoms with van der Waals surface area (Å²) >= 11 is 5.75. The average Bonchev–Trinajstić information content (AvgIpc) is 3.08. The Bertz CT molecular complexity index is 719. The van der Waals surface area contributed by atoms with E-state index in [2.05, 4.69) is 34.2 Å². The van der Waals surface area contributed by atoms with Gasteiger partial charge in [-0.1, -0.05) is 11.6 Å². The van der Waals surface area contributed by atoms with E-state index in [0.29, 0.717) is 16.8 Å². The number of carbonyl (C=O) groups excluding carboxylic acids is 1. The molecule has 1 fully saturated rings. The van der Waals surface area contributed by atoms with E-state index in [4.69, 9.17) is 16.3 Å². The van der Waals surface area contributed by atoms with Crippen LogP contribution in [0.2, 0.25) is 5.02 Å². The van der Waals surface area contributed by atoms with Crippen molar-refractivity contribution in [3.8, 4) is 5.88 Å². The second-order valence-electron chi connectivity index (χ2n) is 6.23. The fraction of sp³-hybridized carbons (Fsp3) is 0.333. The Hall–Kier alpha value is -2.31. The number of nitrogens with zero attached hydrogens (tertiary/aromatic N) is 3. The lowest BCUT2D eigenvalue weighted by atomic mass is 10.2. The SMILES string of the molecule is CN(C)C1CCN(c2ccc(NC(=O)Oc3ccc(Cl)cn3)cc2)C1. The van der Waals surface area contributed by atoms with Gasteiger partial charge in [0.15, 0.2) is 0 Å². The quantitative estimate of drug-likeness (QED) is 0.904. The second kappa shape index (κ2) is 7.72. The predicted molar refractivity (Wildman–Crippen MR) is 99.6 cm³/mol. The lowest BCUT2D eigenvalue weighted by molar-refractivity contribution is 0.213. The number of carbonyl (C=O) groups is 1. The Morgan fingerprint density at radius 3 is 2.64 bits per heavy atom. The van der Waals surface area contributed by atoms with Crippen LogP contribution in [0.4, 0.5) is 16.2 Å². The van der Waals surface area contributed by atoms with Gasteiger partial charge in [0.2, 0.25) is 5.88 Å². The summed E-state index contributed by atoms with van der Waals surface area (Å²) in [7, 11) is 4.23. The molecule has 0 radical (unpaired) electrons. The number of hydrogen-bond acceptors (Lipinski definition) is 5. The van der Waals surface area contributed by atoms with Gasteiger partial charge in [-0.2, -0.15) is 0 Å². The van der Waals surface area contributed by atoms with Gasteiger partial charge in [-0.15, -0.1) is 0 Å². The molecule has 1 saturated heterocycles. The topological polar surface area (TPSA) is 57.7 Å². The fourth-order valence-corrected chi connectivity index (χ4v) is 2.93. The predicted octanol–water partition coefficient (Wildman–Crippen LogP) is 3.49. The third-order valence-electron chi connectivity index (χ3n) is 4.27. The summed E-state index contributed by atoms with van der Waals surface area (Å²) in [5, 5.41) is 3.18. The molecule has 7 heteroatoms. The van der Waals surface area contributed by atoms with Gasteiger partial charge in [0, 0.05) is 42.8 Å². The molecule has 6 nitrogen and oxygen atoms in total. The number of aromatic nitrogens is 1. The molecule has 132 valence electrons. The van der Waals surface area contributed by atoms with Crippen LogP contribution >= 0.6 is 11.6 Å². The summed E-state index contributed by atoms with van der Waals surface area (Å²) in [6, 6.07) is 11.5. The lowest BCUT2D eigenvalue weighted by Crippen LogP contribution is -2.31. The molecular weight excluding hydrogens is 340 g/mol. The molecule has 25 heavy (non-hydrogen) atoms. The van der Waals surface area contributed by atoms with Crippen molar-refractivity contribution in [2.75, 3.05) is 37.4 Å². The van der Waals surface area contributed by atoms with Crippen molar-refractivity contribution in [1.29, 1.82) is 0 Å². The Kier molecular flexibility index (Phi) is 5.40. The molecule has 1 aliphatic heterocycles. The zero-order chi connectivity index (χ0) is 17.8. The molecule has 2 heterocycles. The van der Waals surface area contributed by atoms with E-state index in [-0.39, 0.29) is 5.88 Å². The van der Waals surface area contributed by atoms with Crippen LogP contribution in [0.5, 0.6) is 5.88 Å². The highest BCUT2D eigenvalue weighted by Gasteiger charge is 2.23. The second-order valence-corrected chi connectivity index (χ2v) is 6.66. The van der Waals surface area contributed by atoms with Gasteiger partial charge in [0.25, 0.3) is 0 Å². The number of nitrogens with one attached hydrogen (secondary N) is 1. The van der Waals surface area contributed by atoms with E-state index in [1.165, 1.54) is 6.20 Å². The number of benzene rings is 1. The average molecular weight is 361 g/mol. The zero-order valence-electron chi connectivity index (χ0n) is 14.3. The van der Waals surface area contributed by atoms with Crippen LogP contribution in [0.1, 0.15) is 6.42 Å². The molecule has 0 saturated carbocycles. The molecule has 1 aliphatic rings. The molecule has 0 spiro atoms. The first-order valence-corrected chi connectivity index (χ1v) is 8.51. The molecule has 1 N–H and O–H groups in total. The number of hydrogen-bond donors (Lipinski definition) is 1. The molecule has 1 unspecified atom stereocenters. The van der Waals surface area contributed by atoms with E-state index < -0.39 is 6.09 Å². The highest BCUT2D eigenvalue weighted by Crippen LogP contribution is 2.24. The molecule has 1 aromatic carbocycles. The van der Waals surface area contributed by atoms with Gasteiger partial charge < -0.3 is 14.5 Å². The van der Waals surface area contributed by atoms with Crippen LogP contribution in [0.15, 0.2) is 42.6 Å². The van der Waals surface area contributed by atoms with E-state index in [1.807, 2.05) is 24.3 Å². The number of likely N-dealkylation sites (N-methyl/N-ethyl adjacent to an activating group) is 1. The molecule has 3 rings (SSSR count). The first-order valence-electron chi connectivity index (χ1n) is 8.13. The highest BCUT2D eigenvalue weighted by molar-refractivity contribution is 6.30. The Labute approximate surface area is 152 Å². The summed E-state index contributed by atoms with van der Waals surface area (Å²) in [4.78, 5) is 20.4. The van der Waals surface area contributed by atoms with E-state index in [1.54, 1.807) is 12.1 Å². The number of amides is 1. The number of halogens is 1. The summed E-state index contributed by atoms with van der Waals surface area (Å²) < 4.78 is 5.11. The standard InChI is InChI=1S/C18H21ClN4O2/c1-22(2)16-9-10-23(12-16)15-6-4-14(5-7-15)21-18(24)25-17-8-3-13(19)11-20-17/h3-8,11,16H,9-10,12H2,1-2H3,(H,21,24). The molecular formula is C18H21ClN4O2. The van der Waals surface area contributed by atoms with Gasteiger partial charge >= 0.3 is 6.09 Å². The Morgan fingerprint density at radius 2 is 2.04 bits per heavy atom. The minimum Gasteiger partial charge on any atom is -0.391 e. The minimum atomic E-state index is -0.587. The third kappa shape index (κ3) is 4.61. The van der Waals surface area contributed by atoms with Gasteiger partial charge in [0.05, 0.1) is 5.02 Å². The van der Waals surface area contributed by atoms with E-state index in [9.17, 15) is 4.79 Å². The summed E-state index contributed by atoms with van der Waals surface area (Å²) in [6.07, 6.45) is 2.00. The van der Waals surface area contributed by atoms with Crippen molar-refractivity contribution in [2.45, 2.75) is 12.5 Å². The monoisotopic (exact) mass is 360 g/mol. The maximum absolute atomic E-state index is 11.9. The first kappa shape index (κ1) is 17.5. The Balaban J connectivity index is 1.55. The van der Waals surface area contributed by atoms with Crippen LogP contribution in [0.3, 0.4) is 0 Å². The summed E-state index contributed by atoms with van der Waals surface area (Å²) in [5.74, 6) is 0.199. The van der Waals surface area contributed by atoms with Crippen LogP contribution in [0, 0.1) is 0 Å². The Morgan fingerprint density at radius 1 is 1.28 bits per heavy atom. The summed E-state index contributed by atoms with van der Waals surface area (Å²) in [6.45, 7) is 2.06. The van der Waals surface area contributed by atoms with Crippen LogP contribution in [0.25, 0.3) is 0 Å². The number of anilines is 2. The smallest absolute Gasteiger partial charge is 0.391 e. The minimum absolute atomic E-state index is 0.199. The molecule has 1 aromatic heterocycles. The zero-order valence-corrected chi connectivity index (χ0v) is 15.0. The first-order chi connectivity index (χ1) is 12.0. The largest absolute Gasteiger partial charge is 0.418 e. The van der Waals surface area contributed by atoms with Crippen molar-refractivity contribution in [1.82, 2.24) is 9.88 Å². The fourth-order valence-electron chi connectivity index (χ4n) is 2.81. The van der Waals surface area contributed by atoms with E-state index in [0.717, 1.165) is 25.2 Å². The van der Waals surface area contributed by atoms with Crippen molar-refractivity contribution in [3.63, 3.8) is 0 Å². The molecule has 0 aliphatic carbocycles. The molecule has 2 aromatic rings. The van der Waals surface area contributed by atoms with Crippen molar-refractivity contribution in [2.24, 2.45) is 0 Å². The summed E-state index contributed by atoms with van der Waals surface area (Å²) in [5.41, 5.74) is 1.83. The highest BCUT2D eigenvalue weighted by atomic mass is 35.5. The van der Waals surface area contributed by atoms with E-state index >= 15 is 0 Å². The third-order valence-corrected chi connectivity index (χ3v) is 4.49. The number of pyridine rings is 1. The van der Waals surface area contributed by atoms with Gasteiger partial charge in [-0.25, -0.2) is 9.78 Å². The van der Waals surface area contributed by atoms with Crippen molar-refractivity contribution < 1.29 is 9.53 Å². The molecule has 1 atom stereocenters. The van der Waals surface area contributed by atoms with Crippen LogP contribution in [-0.2, 0) is 0 Å². The van der Waals surface area contributed by atoms with Crippen molar-refractivity contribution >= 4 is 29.1 Å². The van der Waals surface area contributed by atoms with Gasteiger partial charge in [-0.3, -0.25) is 5.32 Å². The molecule has 0 bridgehead atoms. The van der Waals surface area contributed by atoms with Gasteiger partial charge in [-0.05, 0) is 50.8 Å². The normalized spacial score (nSPS) is 17.0. The van der Waals surface area contributed by atoms with Crippen LogP contribution < -0.4 is 15.0 Å². The maximum atomic E-state index is 11.9. The number of ether oxygens (including phenoxy) is 1. The van der Waals surface area contributed by atoms with Crippen molar-refractivity contribution in [3.05, 3.63) is 47.6 Å². The molecule has 1 amide bonds. The maximum Gasteiger partial charge on any atom is 0.418 e. The number of rotatable bonds is 4.